The lowest BCUT2D eigenvalue weighted by Gasteiger charge is -2.33. The van der Waals surface area contributed by atoms with Crippen molar-refractivity contribution >= 4 is 15.7 Å². The Morgan fingerprint density at radius 2 is 1.87 bits per heavy atom. The van der Waals surface area contributed by atoms with Crippen LogP contribution in [0.25, 0.3) is 0 Å². The van der Waals surface area contributed by atoms with Gasteiger partial charge in [-0.25, -0.2) is 8.42 Å². The molecule has 0 aliphatic carbocycles. The van der Waals surface area contributed by atoms with Gasteiger partial charge in [-0.15, -0.1) is 0 Å². The van der Waals surface area contributed by atoms with Crippen LogP contribution in [0.1, 0.15) is 24.8 Å². The zero-order valence-corrected chi connectivity index (χ0v) is 14.5. The molecule has 0 radical (unpaired) electrons. The third kappa shape index (κ3) is 5.95. The monoisotopic (exact) mass is 338 g/mol. The second-order valence-corrected chi connectivity index (χ2v) is 8.74. The second kappa shape index (κ2) is 7.93. The Hall–Kier alpha value is -1.40. The molecule has 1 heterocycles. The standard InChI is InChI=1S/C17H26N2O3S/c1-23(21,22)12-9-16(18)17(20)19-10-7-15(8-11-19)13-14-5-3-2-4-6-14/h2-6,15-16H,7-13,18H2,1H3. The molecule has 1 atom stereocenters. The molecule has 1 fully saturated rings. The van der Waals surface area contributed by atoms with Gasteiger partial charge in [0.05, 0.1) is 11.8 Å². The molecule has 128 valence electrons. The molecule has 2 rings (SSSR count). The summed E-state index contributed by atoms with van der Waals surface area (Å²) >= 11 is 0. The Bertz CT molecular complexity index is 608. The summed E-state index contributed by atoms with van der Waals surface area (Å²) in [7, 11) is -3.08. The zero-order valence-electron chi connectivity index (χ0n) is 13.6. The quantitative estimate of drug-likeness (QED) is 0.846. The van der Waals surface area contributed by atoms with Gasteiger partial charge >= 0.3 is 0 Å². The molecule has 1 unspecified atom stereocenters. The summed E-state index contributed by atoms with van der Waals surface area (Å²) in [5.41, 5.74) is 7.19. The van der Waals surface area contributed by atoms with Gasteiger partial charge in [0.1, 0.15) is 9.84 Å². The van der Waals surface area contributed by atoms with Gasteiger partial charge < -0.3 is 10.6 Å². The number of nitrogens with zero attached hydrogens (tertiary/aromatic N) is 1. The Morgan fingerprint density at radius 3 is 2.43 bits per heavy atom. The highest BCUT2D eigenvalue weighted by atomic mass is 32.2. The minimum Gasteiger partial charge on any atom is -0.341 e. The number of benzene rings is 1. The lowest BCUT2D eigenvalue weighted by atomic mass is 9.90. The Morgan fingerprint density at radius 1 is 1.26 bits per heavy atom. The molecule has 0 aromatic heterocycles. The lowest BCUT2D eigenvalue weighted by Crippen LogP contribution is -2.47. The van der Waals surface area contributed by atoms with Crippen molar-refractivity contribution in [2.75, 3.05) is 25.1 Å². The van der Waals surface area contributed by atoms with Gasteiger partial charge in [-0.2, -0.15) is 0 Å². The highest BCUT2D eigenvalue weighted by Crippen LogP contribution is 2.22. The molecule has 23 heavy (non-hydrogen) atoms. The van der Waals surface area contributed by atoms with Crippen LogP contribution in [-0.4, -0.2) is 50.4 Å². The van der Waals surface area contributed by atoms with Gasteiger partial charge in [-0.05, 0) is 37.2 Å². The number of sulfone groups is 1. The second-order valence-electron chi connectivity index (χ2n) is 6.48. The van der Waals surface area contributed by atoms with E-state index < -0.39 is 15.9 Å². The number of carbonyl (C=O) groups is 1. The first-order valence-electron chi connectivity index (χ1n) is 8.11. The van der Waals surface area contributed by atoms with E-state index >= 15 is 0 Å². The first kappa shape index (κ1) is 17.9. The van der Waals surface area contributed by atoms with Crippen LogP contribution in [0.5, 0.6) is 0 Å². The number of carbonyl (C=O) groups excluding carboxylic acids is 1. The van der Waals surface area contributed by atoms with E-state index in [2.05, 4.69) is 24.3 Å². The summed E-state index contributed by atoms with van der Waals surface area (Å²) in [5.74, 6) is 0.435. The maximum Gasteiger partial charge on any atom is 0.239 e. The Labute approximate surface area is 138 Å². The van der Waals surface area contributed by atoms with Crippen molar-refractivity contribution in [3.8, 4) is 0 Å². The van der Waals surface area contributed by atoms with Crippen molar-refractivity contribution in [1.29, 1.82) is 0 Å². The molecule has 1 aromatic carbocycles. The third-order valence-corrected chi connectivity index (χ3v) is 5.39. The lowest BCUT2D eigenvalue weighted by molar-refractivity contribution is -0.134. The maximum absolute atomic E-state index is 12.3. The van der Waals surface area contributed by atoms with Crippen LogP contribution in [0.3, 0.4) is 0 Å². The van der Waals surface area contributed by atoms with E-state index in [9.17, 15) is 13.2 Å². The molecule has 1 aromatic rings. The SMILES string of the molecule is CS(=O)(=O)CCC(N)C(=O)N1CCC(Cc2ccccc2)CC1. The van der Waals surface area contributed by atoms with E-state index in [4.69, 9.17) is 5.73 Å². The summed E-state index contributed by atoms with van der Waals surface area (Å²) in [6.07, 6.45) is 4.35. The molecule has 0 saturated carbocycles. The number of rotatable bonds is 6. The molecule has 0 bridgehead atoms. The highest BCUT2D eigenvalue weighted by Gasteiger charge is 2.26. The summed E-state index contributed by atoms with van der Waals surface area (Å²) in [6.45, 7) is 1.42. The van der Waals surface area contributed by atoms with Gasteiger partial charge in [-0.1, -0.05) is 30.3 Å². The number of piperidine rings is 1. The molecular formula is C17H26N2O3S. The van der Waals surface area contributed by atoms with Crippen molar-refractivity contribution in [3.05, 3.63) is 35.9 Å². The molecule has 1 amide bonds. The molecule has 2 N–H and O–H groups in total. The van der Waals surface area contributed by atoms with Gasteiger partial charge in [0.15, 0.2) is 0 Å². The summed E-state index contributed by atoms with van der Waals surface area (Å²) in [4.78, 5) is 14.1. The van der Waals surface area contributed by atoms with Crippen LogP contribution in [0.2, 0.25) is 0 Å². The van der Waals surface area contributed by atoms with Crippen molar-refractivity contribution in [2.24, 2.45) is 11.7 Å². The minimum atomic E-state index is -3.08. The van der Waals surface area contributed by atoms with Gasteiger partial charge in [0, 0.05) is 19.3 Å². The number of likely N-dealkylation sites (tertiary alicyclic amines) is 1. The van der Waals surface area contributed by atoms with Crippen LogP contribution in [-0.2, 0) is 21.1 Å². The normalized spacial score (nSPS) is 17.9. The van der Waals surface area contributed by atoms with E-state index in [-0.39, 0.29) is 18.1 Å². The average molecular weight is 338 g/mol. The van der Waals surface area contributed by atoms with E-state index in [0.29, 0.717) is 19.0 Å². The van der Waals surface area contributed by atoms with Crippen LogP contribution in [0.4, 0.5) is 0 Å². The fraction of sp³-hybridized carbons (Fsp3) is 0.588. The Kier molecular flexibility index (Phi) is 6.18. The van der Waals surface area contributed by atoms with Crippen LogP contribution >= 0.6 is 0 Å². The summed E-state index contributed by atoms with van der Waals surface area (Å²) in [6, 6.07) is 9.68. The van der Waals surface area contributed by atoms with Crippen LogP contribution in [0, 0.1) is 5.92 Å². The molecule has 0 spiro atoms. The fourth-order valence-corrected chi connectivity index (χ4v) is 3.69. The average Bonchev–Trinajstić information content (AvgIpc) is 2.53. The first-order valence-corrected chi connectivity index (χ1v) is 10.2. The van der Waals surface area contributed by atoms with Crippen LogP contribution in [0.15, 0.2) is 30.3 Å². The van der Waals surface area contributed by atoms with Gasteiger partial charge in [-0.3, -0.25) is 4.79 Å². The van der Waals surface area contributed by atoms with Gasteiger partial charge in [0.2, 0.25) is 5.91 Å². The van der Waals surface area contributed by atoms with Crippen molar-refractivity contribution in [3.63, 3.8) is 0 Å². The molecule has 1 aliphatic heterocycles. The third-order valence-electron chi connectivity index (χ3n) is 4.41. The number of amides is 1. The van der Waals surface area contributed by atoms with E-state index in [1.54, 1.807) is 4.90 Å². The molecule has 1 saturated heterocycles. The van der Waals surface area contributed by atoms with Gasteiger partial charge in [0.25, 0.3) is 0 Å². The predicted molar refractivity (Wildman–Crippen MR) is 91.8 cm³/mol. The molecule has 6 heteroatoms. The first-order chi connectivity index (χ1) is 10.8. The van der Waals surface area contributed by atoms with E-state index in [1.807, 2.05) is 6.07 Å². The van der Waals surface area contributed by atoms with Crippen molar-refractivity contribution in [1.82, 2.24) is 4.90 Å². The smallest absolute Gasteiger partial charge is 0.239 e. The van der Waals surface area contributed by atoms with E-state index in [0.717, 1.165) is 19.3 Å². The predicted octanol–water partition coefficient (Wildman–Crippen LogP) is 1.23. The van der Waals surface area contributed by atoms with Crippen molar-refractivity contribution in [2.45, 2.75) is 31.7 Å². The number of hydrogen-bond donors (Lipinski definition) is 1. The number of hydrogen-bond acceptors (Lipinski definition) is 4. The number of nitrogens with two attached hydrogens (primary N) is 1. The molecule has 1 aliphatic rings. The highest BCUT2D eigenvalue weighted by molar-refractivity contribution is 7.90. The summed E-state index contributed by atoms with van der Waals surface area (Å²) < 4.78 is 22.3. The minimum absolute atomic E-state index is 0.0373. The largest absolute Gasteiger partial charge is 0.341 e. The molecular weight excluding hydrogens is 312 g/mol. The fourth-order valence-electron chi connectivity index (χ4n) is 3.00. The Balaban J connectivity index is 1.78. The van der Waals surface area contributed by atoms with Crippen LogP contribution < -0.4 is 5.73 Å². The topological polar surface area (TPSA) is 80.5 Å². The van der Waals surface area contributed by atoms with Crippen molar-refractivity contribution < 1.29 is 13.2 Å². The summed E-state index contributed by atoms with van der Waals surface area (Å²) in [5, 5.41) is 0. The zero-order chi connectivity index (χ0) is 16.9. The maximum atomic E-state index is 12.3. The molecule has 5 nitrogen and oxygen atoms in total. The van der Waals surface area contributed by atoms with E-state index in [1.165, 1.54) is 11.8 Å².